The average Bonchev–Trinajstić information content (AvgIpc) is 3.28. The van der Waals surface area contributed by atoms with E-state index in [1.165, 1.54) is 19.0 Å². The SMILES string of the molecule is CN(C)[C@@H]1C(O)=C(C(N)=O)C(=O)[C@@]2(O)C(O)=C3C(=O)c4c(O)c(NC(=O)CN5CC[C@@H](O)C5)cc(F)c4C[C@H]3C[C@@H]12. The Kier molecular flexibility index (Phi) is 6.93. The van der Waals surface area contributed by atoms with Crippen LogP contribution < -0.4 is 11.1 Å². The Morgan fingerprint density at radius 2 is 1.93 bits per heavy atom. The Hall–Kier alpha value is -3.85. The second-order valence-electron chi connectivity index (χ2n) is 11.3. The van der Waals surface area contributed by atoms with Crippen LogP contribution in [0.2, 0.25) is 0 Å². The zero-order valence-electron chi connectivity index (χ0n) is 22.3. The van der Waals surface area contributed by atoms with Gasteiger partial charge in [-0.2, -0.15) is 0 Å². The largest absolute Gasteiger partial charge is 0.510 e. The van der Waals surface area contributed by atoms with Crippen molar-refractivity contribution in [2.24, 2.45) is 17.6 Å². The maximum atomic E-state index is 15.4. The summed E-state index contributed by atoms with van der Waals surface area (Å²) in [6.45, 7) is 0.588. The second-order valence-corrected chi connectivity index (χ2v) is 11.3. The molecular formula is C27H31FN4O9. The van der Waals surface area contributed by atoms with Crippen LogP contribution in [-0.2, 0) is 20.8 Å². The summed E-state index contributed by atoms with van der Waals surface area (Å²) in [7, 11) is 3.01. The summed E-state index contributed by atoms with van der Waals surface area (Å²) in [5.74, 6) is -9.99. The van der Waals surface area contributed by atoms with E-state index in [4.69, 9.17) is 5.73 Å². The molecule has 0 bridgehead atoms. The van der Waals surface area contributed by atoms with E-state index >= 15 is 4.39 Å². The first-order chi connectivity index (χ1) is 19.2. The first-order valence-corrected chi connectivity index (χ1v) is 13.1. The van der Waals surface area contributed by atoms with Crippen LogP contribution in [0.5, 0.6) is 5.75 Å². The van der Waals surface area contributed by atoms with Gasteiger partial charge in [-0.3, -0.25) is 29.0 Å². The van der Waals surface area contributed by atoms with Crippen molar-refractivity contribution in [1.82, 2.24) is 9.80 Å². The van der Waals surface area contributed by atoms with Gasteiger partial charge in [0, 0.05) is 36.2 Å². The number of halogens is 1. The third kappa shape index (κ3) is 4.29. The molecule has 1 aromatic rings. The minimum atomic E-state index is -2.81. The number of amides is 2. The normalized spacial score (nSPS) is 29.9. The molecule has 8 N–H and O–H groups in total. The first kappa shape index (κ1) is 28.7. The summed E-state index contributed by atoms with van der Waals surface area (Å²) >= 11 is 0. The van der Waals surface area contributed by atoms with Crippen molar-refractivity contribution < 1.29 is 49.1 Å². The number of likely N-dealkylation sites (N-methyl/N-ethyl adjacent to an activating group) is 1. The molecule has 14 heteroatoms. The fraction of sp³-hybridized carbons (Fsp3) is 0.481. The lowest BCUT2D eigenvalue weighted by Gasteiger charge is -2.50. The number of ketones is 2. The molecule has 0 aromatic heterocycles. The number of phenolic OH excluding ortho intramolecular Hbond substituents is 1. The first-order valence-electron chi connectivity index (χ1n) is 13.1. The highest BCUT2D eigenvalue weighted by molar-refractivity contribution is 6.25. The number of allylic oxidation sites excluding steroid dienone is 1. The Morgan fingerprint density at radius 1 is 1.24 bits per heavy atom. The fourth-order valence-corrected chi connectivity index (χ4v) is 6.72. The van der Waals surface area contributed by atoms with Crippen molar-refractivity contribution in [1.29, 1.82) is 0 Å². The van der Waals surface area contributed by atoms with E-state index in [0.29, 0.717) is 13.0 Å². The van der Waals surface area contributed by atoms with Gasteiger partial charge in [0.25, 0.3) is 5.91 Å². The van der Waals surface area contributed by atoms with Gasteiger partial charge in [0.15, 0.2) is 17.1 Å². The fourth-order valence-electron chi connectivity index (χ4n) is 6.72. The van der Waals surface area contributed by atoms with Gasteiger partial charge in [-0.1, -0.05) is 0 Å². The number of nitrogens with one attached hydrogen (secondary N) is 1. The third-order valence-corrected chi connectivity index (χ3v) is 8.56. The lowest BCUT2D eigenvalue weighted by atomic mass is 9.58. The highest BCUT2D eigenvalue weighted by Crippen LogP contribution is 2.53. The summed E-state index contributed by atoms with van der Waals surface area (Å²) in [6, 6.07) is -0.278. The number of primary amides is 1. The number of anilines is 1. The number of likely N-dealkylation sites (tertiary alicyclic amines) is 1. The zero-order valence-corrected chi connectivity index (χ0v) is 22.3. The number of phenols is 1. The number of hydrogen-bond donors (Lipinski definition) is 7. The number of nitrogens with two attached hydrogens (primary N) is 1. The summed E-state index contributed by atoms with van der Waals surface area (Å²) < 4.78 is 15.4. The lowest BCUT2D eigenvalue weighted by Crippen LogP contribution is -2.63. The molecule has 5 atom stereocenters. The van der Waals surface area contributed by atoms with E-state index in [1.807, 2.05) is 0 Å². The molecule has 13 nitrogen and oxygen atoms in total. The van der Waals surface area contributed by atoms with Crippen LogP contribution >= 0.6 is 0 Å². The monoisotopic (exact) mass is 574 g/mol. The topological polar surface area (TPSA) is 214 Å². The number of rotatable bonds is 5. The van der Waals surface area contributed by atoms with E-state index in [-0.39, 0.29) is 31.5 Å². The van der Waals surface area contributed by atoms with E-state index in [9.17, 15) is 44.7 Å². The number of aromatic hydroxyl groups is 1. The second kappa shape index (κ2) is 9.91. The number of hydrogen-bond acceptors (Lipinski definition) is 11. The summed E-state index contributed by atoms with van der Waals surface area (Å²) in [4.78, 5) is 54.8. The number of fused-ring (bicyclic) bond motifs is 3. The Labute approximate surface area is 233 Å². The van der Waals surface area contributed by atoms with Crippen LogP contribution in [0.15, 0.2) is 28.7 Å². The molecule has 220 valence electrons. The van der Waals surface area contributed by atoms with Gasteiger partial charge in [0.1, 0.15) is 22.9 Å². The van der Waals surface area contributed by atoms with Crippen LogP contribution in [0.25, 0.3) is 0 Å². The summed E-state index contributed by atoms with van der Waals surface area (Å²) in [6.07, 6.45) is -0.474. The molecule has 1 aliphatic heterocycles. The predicted octanol–water partition coefficient (Wildman–Crippen LogP) is -0.735. The van der Waals surface area contributed by atoms with Gasteiger partial charge in [-0.15, -0.1) is 0 Å². The van der Waals surface area contributed by atoms with Crippen LogP contribution in [0.1, 0.15) is 28.8 Å². The Morgan fingerprint density at radius 3 is 2.51 bits per heavy atom. The molecule has 5 rings (SSSR count). The number of β-amino-alcohol motifs (C(OH)–C–C–N with tert-alkyl or cyclic N) is 1. The molecule has 41 heavy (non-hydrogen) atoms. The minimum Gasteiger partial charge on any atom is -0.510 e. The molecule has 2 amide bonds. The Balaban J connectivity index is 1.56. The van der Waals surface area contributed by atoms with E-state index < -0.39 is 98.4 Å². The molecule has 1 fully saturated rings. The van der Waals surface area contributed by atoms with Crippen LogP contribution in [-0.4, -0.2) is 110 Å². The van der Waals surface area contributed by atoms with Gasteiger partial charge >= 0.3 is 0 Å². The highest BCUT2D eigenvalue weighted by Gasteiger charge is 2.63. The zero-order chi connectivity index (χ0) is 30.1. The van der Waals surface area contributed by atoms with Gasteiger partial charge in [-0.05, 0) is 39.3 Å². The third-order valence-electron chi connectivity index (χ3n) is 8.56. The van der Waals surface area contributed by atoms with Crippen molar-refractivity contribution in [2.45, 2.75) is 37.0 Å². The number of nitrogens with zero attached hydrogens (tertiary/aromatic N) is 2. The lowest BCUT2D eigenvalue weighted by molar-refractivity contribution is -0.148. The van der Waals surface area contributed by atoms with Crippen LogP contribution in [0, 0.1) is 17.7 Å². The molecule has 1 saturated heterocycles. The molecule has 4 aliphatic rings. The van der Waals surface area contributed by atoms with Crippen molar-refractivity contribution in [3.05, 3.63) is 45.7 Å². The van der Waals surface area contributed by atoms with E-state index in [1.54, 1.807) is 4.90 Å². The maximum Gasteiger partial charge on any atom is 0.255 e. The number of benzene rings is 1. The standard InChI is InChI=1S/C27H31FN4O9/c1-31(2)20-13-6-10-5-12-14(28)7-15(30-16(34)9-32-4-3-11(33)8-32)21(35)18(12)22(36)17(10)24(38)27(13,41)25(39)19(23(20)37)26(29)40/h7,10-11,13,20,33,35,37-38,41H,3-6,8-9H2,1-2H3,(H2,29,40)(H,30,34)/t10-,11+,13-,20-,27-/m0/s1. The van der Waals surface area contributed by atoms with Gasteiger partial charge in [0.2, 0.25) is 11.7 Å². The van der Waals surface area contributed by atoms with Gasteiger partial charge in [0.05, 0.1) is 29.9 Å². The van der Waals surface area contributed by atoms with Crippen molar-refractivity contribution in [2.75, 3.05) is 39.0 Å². The summed E-state index contributed by atoms with van der Waals surface area (Å²) in [5, 5.41) is 56.7. The number of aliphatic hydroxyl groups excluding tert-OH is 3. The van der Waals surface area contributed by atoms with Crippen LogP contribution in [0.4, 0.5) is 10.1 Å². The average molecular weight is 575 g/mol. The molecule has 3 aliphatic carbocycles. The molecular weight excluding hydrogens is 543 g/mol. The number of carbonyl (C=O) groups is 4. The van der Waals surface area contributed by atoms with Gasteiger partial charge < -0.3 is 36.6 Å². The van der Waals surface area contributed by atoms with Crippen molar-refractivity contribution in [3.8, 4) is 5.75 Å². The quantitative estimate of drug-likeness (QED) is 0.172. The van der Waals surface area contributed by atoms with Gasteiger partial charge in [-0.25, -0.2) is 4.39 Å². The molecule has 0 unspecified atom stereocenters. The smallest absolute Gasteiger partial charge is 0.255 e. The minimum absolute atomic E-state index is 0.150. The highest BCUT2D eigenvalue weighted by atomic mass is 19.1. The molecule has 0 spiro atoms. The number of Topliss-reactive ketones (excluding diaryl/α,β-unsaturated/α-hetero) is 2. The van der Waals surface area contributed by atoms with E-state index in [2.05, 4.69) is 5.32 Å². The van der Waals surface area contributed by atoms with Crippen LogP contribution in [0.3, 0.4) is 0 Å². The van der Waals surface area contributed by atoms with Crippen molar-refractivity contribution in [3.63, 3.8) is 0 Å². The number of aliphatic hydroxyl groups is 4. The Bertz CT molecular complexity index is 1450. The molecule has 0 saturated carbocycles. The molecule has 1 heterocycles. The van der Waals surface area contributed by atoms with Crippen molar-refractivity contribution >= 4 is 29.1 Å². The molecule has 0 radical (unpaired) electrons. The predicted molar refractivity (Wildman–Crippen MR) is 139 cm³/mol. The van der Waals surface area contributed by atoms with E-state index in [0.717, 1.165) is 6.07 Å². The maximum absolute atomic E-state index is 15.4. The molecule has 1 aromatic carbocycles. The number of carbonyl (C=O) groups excluding carboxylic acids is 4. The summed E-state index contributed by atoms with van der Waals surface area (Å²) in [5.41, 5.74) is 0.0192.